The fourth-order valence-electron chi connectivity index (χ4n) is 10.0. The van der Waals surface area contributed by atoms with Crippen molar-refractivity contribution in [3.05, 3.63) is 69.3 Å². The van der Waals surface area contributed by atoms with Gasteiger partial charge in [-0.05, 0) is 124 Å². The molecular weight excluding hydrogens is 907 g/mol. The number of H-pyrrole nitrogens is 2. The molecule has 17 heteroatoms. The molecule has 0 aromatic carbocycles. The lowest BCUT2D eigenvalue weighted by Gasteiger charge is -2.39. The van der Waals surface area contributed by atoms with Gasteiger partial charge in [-0.2, -0.15) is 0 Å². The lowest BCUT2D eigenvalue weighted by Crippen LogP contribution is -2.57. The Morgan fingerprint density at radius 1 is 0.868 bits per heavy atom. The molecule has 4 aliphatic heterocycles. The van der Waals surface area contributed by atoms with Gasteiger partial charge in [0.25, 0.3) is 0 Å². The molecule has 0 aliphatic carbocycles. The summed E-state index contributed by atoms with van der Waals surface area (Å²) in [6.07, 6.45) is -1.92. The number of hydrogen-bond donors (Lipinski definition) is 8. The molecular formula is C51H73N5O10S2. The normalized spacial score (nSPS) is 26.9. The number of thioether (sulfide) groups is 2. The average Bonchev–Trinajstić information content (AvgIpc) is 4.03. The van der Waals surface area contributed by atoms with Gasteiger partial charge in [0.1, 0.15) is 35.3 Å². The molecule has 0 saturated carbocycles. The van der Waals surface area contributed by atoms with Crippen molar-refractivity contribution in [1.29, 1.82) is 0 Å². The number of aromatic amines is 2. The van der Waals surface area contributed by atoms with Crippen LogP contribution >= 0.6 is 23.5 Å². The van der Waals surface area contributed by atoms with Crippen molar-refractivity contribution in [3.63, 3.8) is 0 Å². The van der Waals surface area contributed by atoms with E-state index in [1.54, 1.807) is 11.8 Å². The predicted molar refractivity (Wildman–Crippen MR) is 269 cm³/mol. The van der Waals surface area contributed by atoms with E-state index < -0.39 is 42.6 Å². The molecule has 3 unspecified atom stereocenters. The van der Waals surface area contributed by atoms with Gasteiger partial charge in [-0.3, -0.25) is 9.78 Å². The second-order valence-electron chi connectivity index (χ2n) is 19.0. The van der Waals surface area contributed by atoms with Crippen LogP contribution in [0.4, 0.5) is 0 Å². The summed E-state index contributed by atoms with van der Waals surface area (Å²) in [6.45, 7) is 15.3. The maximum absolute atomic E-state index is 13.7. The third-order valence-corrected chi connectivity index (χ3v) is 16.7. The highest BCUT2D eigenvalue weighted by Gasteiger charge is 2.43. The number of fused-ring (bicyclic) bond motifs is 8. The first-order valence-corrected chi connectivity index (χ1v) is 26.4. The molecule has 2 saturated heterocycles. The number of aliphatic hydroxyl groups is 6. The van der Waals surface area contributed by atoms with Gasteiger partial charge in [0.2, 0.25) is 5.91 Å². The Kier molecular flexibility index (Phi) is 18.0. The molecule has 4 aliphatic rings. The Bertz CT molecular complexity index is 2440. The Morgan fingerprint density at radius 2 is 1.59 bits per heavy atom. The highest BCUT2D eigenvalue weighted by molar-refractivity contribution is 8.00. The number of ether oxygens (including phenoxy) is 3. The predicted octanol–water partition coefficient (Wildman–Crippen LogP) is 6.69. The fourth-order valence-corrected chi connectivity index (χ4v) is 12.3. The van der Waals surface area contributed by atoms with Crippen LogP contribution in [0.1, 0.15) is 136 Å². The number of amides is 1. The molecule has 8 N–H and O–H groups in total. The number of nitrogens with one attached hydrogen (secondary N) is 2. The number of carbonyl (C=O) groups excluding carboxylic acids is 1. The second kappa shape index (κ2) is 23.3. The van der Waals surface area contributed by atoms with Crippen molar-refractivity contribution in [1.82, 2.24) is 24.8 Å². The Labute approximate surface area is 408 Å². The summed E-state index contributed by atoms with van der Waals surface area (Å²) in [5.74, 6) is 1.43. The summed E-state index contributed by atoms with van der Waals surface area (Å²) in [5.41, 5.74) is 13.1. The van der Waals surface area contributed by atoms with Crippen molar-refractivity contribution in [3.8, 4) is 0 Å². The number of hydrogen-bond acceptors (Lipinski definition) is 14. The van der Waals surface area contributed by atoms with Gasteiger partial charge < -0.3 is 59.7 Å². The molecule has 374 valence electrons. The van der Waals surface area contributed by atoms with Crippen LogP contribution in [0.5, 0.6) is 0 Å². The van der Waals surface area contributed by atoms with Crippen molar-refractivity contribution in [2.24, 2.45) is 0 Å². The zero-order valence-corrected chi connectivity index (χ0v) is 42.5. The highest BCUT2D eigenvalue weighted by atomic mass is 32.2. The minimum absolute atomic E-state index is 0.00711. The molecule has 1 amide bonds. The van der Waals surface area contributed by atoms with Gasteiger partial charge in [0, 0.05) is 90.3 Å². The van der Waals surface area contributed by atoms with Crippen LogP contribution in [-0.2, 0) is 19.0 Å². The van der Waals surface area contributed by atoms with Crippen molar-refractivity contribution >= 4 is 62.6 Å². The Balaban J connectivity index is 1.14. The third kappa shape index (κ3) is 11.7. The molecule has 7 rings (SSSR count). The van der Waals surface area contributed by atoms with Gasteiger partial charge in [-0.25, -0.2) is 4.98 Å². The van der Waals surface area contributed by atoms with Crippen LogP contribution in [0.15, 0.2) is 24.3 Å². The van der Waals surface area contributed by atoms with Gasteiger partial charge in [-0.15, -0.1) is 23.5 Å². The molecule has 3 aromatic rings. The number of rotatable bonds is 18. The SMILES string of the molecule is CCC1=C(C)c2cc3[nH]c(cc4nc(c(C)c5cc(C)c(cc1n2)[nH]5)[C@@H](CCC(=O)N(C)CCCS[C@H]1C[C@@H](O)C[C@@H](CO)O1)[C@@H]4C)c(C)c3C(C)OCCCSC1O[C@H](CO)[C@@H](O)[C@H](O)C1O. The second-order valence-corrected chi connectivity index (χ2v) is 21.5. The van der Waals surface area contributed by atoms with Crippen molar-refractivity contribution in [2.75, 3.05) is 44.9 Å². The van der Waals surface area contributed by atoms with Crippen LogP contribution < -0.4 is 0 Å². The molecule has 11 atom stereocenters. The van der Waals surface area contributed by atoms with Crippen LogP contribution in [0.2, 0.25) is 0 Å². The van der Waals surface area contributed by atoms with Gasteiger partial charge in [0.05, 0.1) is 42.9 Å². The molecule has 15 nitrogen and oxygen atoms in total. The maximum atomic E-state index is 13.7. The molecule has 3 aromatic heterocycles. The summed E-state index contributed by atoms with van der Waals surface area (Å²) in [4.78, 5) is 33.6. The summed E-state index contributed by atoms with van der Waals surface area (Å²) >= 11 is 2.94. The van der Waals surface area contributed by atoms with E-state index in [4.69, 9.17) is 24.2 Å². The third-order valence-electron chi connectivity index (χ3n) is 14.3. The monoisotopic (exact) mass is 979 g/mol. The van der Waals surface area contributed by atoms with Crippen molar-refractivity contribution in [2.45, 2.75) is 159 Å². The van der Waals surface area contributed by atoms with E-state index >= 15 is 0 Å². The number of carbonyl (C=O) groups is 1. The average molecular weight is 980 g/mol. The quantitative estimate of drug-likeness (QED) is 0.0622. The number of nitrogens with zero attached hydrogens (tertiary/aromatic N) is 3. The molecule has 2 fully saturated rings. The number of allylic oxidation sites excluding steroid dienone is 2. The van der Waals surface area contributed by atoms with Crippen LogP contribution in [0, 0.1) is 20.8 Å². The first-order valence-electron chi connectivity index (χ1n) is 24.3. The van der Waals surface area contributed by atoms with Gasteiger partial charge in [0.15, 0.2) is 0 Å². The van der Waals surface area contributed by atoms with Gasteiger partial charge in [-0.1, -0.05) is 13.8 Å². The molecule has 8 bridgehead atoms. The van der Waals surface area contributed by atoms with E-state index in [1.165, 1.54) is 17.3 Å². The summed E-state index contributed by atoms with van der Waals surface area (Å²) in [5, 5.41) is 60.3. The Morgan fingerprint density at radius 3 is 2.32 bits per heavy atom. The minimum atomic E-state index is -1.41. The summed E-state index contributed by atoms with van der Waals surface area (Å²) in [6, 6.07) is 8.61. The summed E-state index contributed by atoms with van der Waals surface area (Å²) in [7, 11) is 1.86. The van der Waals surface area contributed by atoms with Crippen LogP contribution in [0.25, 0.3) is 33.2 Å². The lowest BCUT2D eigenvalue weighted by atomic mass is 9.86. The minimum Gasteiger partial charge on any atom is -0.394 e. The molecule has 0 spiro atoms. The number of aryl methyl sites for hydroxylation is 3. The van der Waals surface area contributed by atoms with E-state index in [0.29, 0.717) is 51.0 Å². The lowest BCUT2D eigenvalue weighted by molar-refractivity contribution is -0.205. The largest absolute Gasteiger partial charge is 0.394 e. The first-order chi connectivity index (χ1) is 32.5. The zero-order valence-electron chi connectivity index (χ0n) is 40.8. The van der Waals surface area contributed by atoms with Crippen LogP contribution in [0.3, 0.4) is 0 Å². The highest BCUT2D eigenvalue weighted by Crippen LogP contribution is 2.43. The topological polar surface area (TPSA) is 227 Å². The number of aromatic nitrogens is 4. The molecule has 7 heterocycles. The van der Waals surface area contributed by atoms with E-state index in [-0.39, 0.29) is 42.0 Å². The van der Waals surface area contributed by atoms with E-state index in [9.17, 15) is 35.4 Å². The zero-order chi connectivity index (χ0) is 49.0. The first kappa shape index (κ1) is 52.5. The summed E-state index contributed by atoms with van der Waals surface area (Å²) < 4.78 is 18.1. The molecule has 0 radical (unpaired) electrons. The van der Waals surface area contributed by atoms with E-state index in [2.05, 4.69) is 75.8 Å². The Hall–Kier alpha value is -3.33. The van der Waals surface area contributed by atoms with Crippen molar-refractivity contribution < 1.29 is 49.6 Å². The van der Waals surface area contributed by atoms with Gasteiger partial charge >= 0.3 is 0 Å². The fraction of sp³-hybridized carbons (Fsp3) is 0.627. The molecule has 68 heavy (non-hydrogen) atoms. The van der Waals surface area contributed by atoms with Crippen LogP contribution in [-0.4, -0.2) is 154 Å². The maximum Gasteiger partial charge on any atom is 0.222 e. The van der Waals surface area contributed by atoms with E-state index in [1.807, 2.05) is 18.9 Å². The van der Waals surface area contributed by atoms with E-state index in [0.717, 1.165) is 91.3 Å². The number of aliphatic hydroxyl groups excluding tert-OH is 6. The smallest absolute Gasteiger partial charge is 0.222 e. The standard InChI is InChI=1S/C51H73N5O10S2/c1-9-34-27(3)38-23-42-46(31(7)64-15-11-17-68-51-50(63)49(62)48(61)43(25-58)66-51)29(5)40(54-42)22-39-28(4)35(47(55-39)30(6)37-18-26(2)36(52-37)21-41(34)53-38)12-13-44(60)56(8)14-10-16-67-45-20-32(59)19-33(24-57)65-45/h18,21-23,28,31-33,35,43,45,48-52,54,57-59,61-63H,9-17,19-20,24-25H2,1-8H3/t28-,31?,32-,33-,35-,43+,45-,48+,49-,50?,51?/m0/s1.